The monoisotopic (exact) mass is 448 g/mol. The summed E-state index contributed by atoms with van der Waals surface area (Å²) < 4.78 is 47.5. The van der Waals surface area contributed by atoms with Gasteiger partial charge in [-0.3, -0.25) is 14.9 Å². The second-order valence-corrected chi connectivity index (χ2v) is 7.89. The SMILES string of the molecule is O=C1NC(=O)C(Cc2cc3ccc(OC(F)(F)F)cc3nc2OCc2ccccc2)S1. The van der Waals surface area contributed by atoms with Gasteiger partial charge in [0.15, 0.2) is 0 Å². The van der Waals surface area contributed by atoms with Crippen LogP contribution in [0.25, 0.3) is 10.9 Å². The Hall–Kier alpha value is -3.27. The molecule has 3 aromatic rings. The average Bonchev–Trinajstić information content (AvgIpc) is 3.03. The number of pyridine rings is 1. The first-order valence-corrected chi connectivity index (χ1v) is 10.0. The van der Waals surface area contributed by atoms with E-state index in [2.05, 4.69) is 15.0 Å². The lowest BCUT2D eigenvalue weighted by Crippen LogP contribution is -2.25. The summed E-state index contributed by atoms with van der Waals surface area (Å²) in [4.78, 5) is 27.8. The molecule has 1 aliphatic heterocycles. The first-order chi connectivity index (χ1) is 14.8. The zero-order chi connectivity index (χ0) is 22.0. The number of nitrogens with one attached hydrogen (secondary N) is 1. The fraction of sp³-hybridized carbons (Fsp3) is 0.190. The quantitative estimate of drug-likeness (QED) is 0.594. The van der Waals surface area contributed by atoms with Crippen molar-refractivity contribution in [2.24, 2.45) is 0 Å². The van der Waals surface area contributed by atoms with Crippen LogP contribution in [0.5, 0.6) is 11.6 Å². The lowest BCUT2D eigenvalue weighted by molar-refractivity contribution is -0.274. The van der Waals surface area contributed by atoms with E-state index in [1.807, 2.05) is 30.3 Å². The average molecular weight is 448 g/mol. The minimum absolute atomic E-state index is 0.174. The van der Waals surface area contributed by atoms with Gasteiger partial charge in [-0.2, -0.15) is 0 Å². The fourth-order valence-electron chi connectivity index (χ4n) is 3.09. The molecule has 1 atom stereocenters. The van der Waals surface area contributed by atoms with Crippen molar-refractivity contribution in [3.63, 3.8) is 0 Å². The third kappa shape index (κ3) is 5.26. The highest BCUT2D eigenvalue weighted by Crippen LogP contribution is 2.32. The number of halogens is 3. The summed E-state index contributed by atoms with van der Waals surface area (Å²) in [6, 6.07) is 14.8. The molecular weight excluding hydrogens is 433 g/mol. The molecule has 0 saturated carbocycles. The van der Waals surface area contributed by atoms with Gasteiger partial charge in [-0.05, 0) is 30.2 Å². The molecule has 1 aromatic heterocycles. The summed E-state index contributed by atoms with van der Waals surface area (Å²) in [5.74, 6) is -0.628. The Morgan fingerprint density at radius 1 is 1.06 bits per heavy atom. The summed E-state index contributed by atoms with van der Waals surface area (Å²) in [6.07, 6.45) is -4.64. The zero-order valence-electron chi connectivity index (χ0n) is 15.8. The molecule has 1 aliphatic rings. The first kappa shape index (κ1) is 21.0. The molecule has 6 nitrogen and oxygen atoms in total. The van der Waals surface area contributed by atoms with Gasteiger partial charge in [-0.15, -0.1) is 13.2 Å². The van der Waals surface area contributed by atoms with Crippen LogP contribution >= 0.6 is 11.8 Å². The number of nitrogens with zero attached hydrogens (tertiary/aromatic N) is 1. The molecule has 1 unspecified atom stereocenters. The van der Waals surface area contributed by atoms with Crippen LogP contribution in [-0.4, -0.2) is 27.7 Å². The minimum Gasteiger partial charge on any atom is -0.473 e. The molecule has 2 amide bonds. The number of amides is 2. The number of imide groups is 1. The standard InChI is InChI=1S/C21H15F3N2O4S/c22-21(23,24)30-15-7-6-13-8-14(9-17-18(27)26-20(28)31-17)19(25-16(13)10-15)29-11-12-4-2-1-3-5-12/h1-8,10,17H,9,11H2,(H,26,27,28). The second-order valence-electron chi connectivity index (χ2n) is 6.72. The Bertz CT molecular complexity index is 1140. The van der Waals surface area contributed by atoms with E-state index in [0.29, 0.717) is 10.9 Å². The molecule has 1 N–H and O–H groups in total. The number of hydrogen-bond donors (Lipinski definition) is 1. The van der Waals surface area contributed by atoms with Gasteiger partial charge in [-0.25, -0.2) is 4.98 Å². The number of rotatable bonds is 6. The van der Waals surface area contributed by atoms with Gasteiger partial charge in [0.2, 0.25) is 11.8 Å². The van der Waals surface area contributed by atoms with Gasteiger partial charge in [0, 0.05) is 17.0 Å². The zero-order valence-corrected chi connectivity index (χ0v) is 16.6. The molecule has 0 bridgehead atoms. The van der Waals surface area contributed by atoms with E-state index < -0.39 is 28.5 Å². The van der Waals surface area contributed by atoms with Gasteiger partial charge in [0.1, 0.15) is 12.4 Å². The Balaban J connectivity index is 1.67. The molecule has 0 spiro atoms. The molecule has 31 heavy (non-hydrogen) atoms. The van der Waals surface area contributed by atoms with Gasteiger partial charge >= 0.3 is 6.36 Å². The van der Waals surface area contributed by atoms with Gasteiger partial charge < -0.3 is 9.47 Å². The largest absolute Gasteiger partial charge is 0.573 e. The summed E-state index contributed by atoms with van der Waals surface area (Å²) >= 11 is 0.878. The summed E-state index contributed by atoms with van der Waals surface area (Å²) in [5.41, 5.74) is 1.68. The molecule has 0 radical (unpaired) electrons. The summed E-state index contributed by atoms with van der Waals surface area (Å²) in [7, 11) is 0. The van der Waals surface area contributed by atoms with Crippen molar-refractivity contribution < 1.29 is 32.2 Å². The smallest absolute Gasteiger partial charge is 0.473 e. The van der Waals surface area contributed by atoms with Crippen molar-refractivity contribution in [3.05, 3.63) is 65.7 Å². The maximum atomic E-state index is 12.6. The molecule has 10 heteroatoms. The predicted molar refractivity (Wildman–Crippen MR) is 108 cm³/mol. The Kier molecular flexibility index (Phi) is 5.73. The molecule has 1 saturated heterocycles. The highest BCUT2D eigenvalue weighted by Gasteiger charge is 2.33. The number of ether oxygens (including phenoxy) is 2. The van der Waals surface area contributed by atoms with Crippen LogP contribution in [-0.2, 0) is 17.8 Å². The second kappa shape index (κ2) is 8.46. The van der Waals surface area contributed by atoms with Gasteiger partial charge in [0.05, 0.1) is 10.8 Å². The van der Waals surface area contributed by atoms with E-state index in [1.54, 1.807) is 6.07 Å². The molecule has 2 aromatic carbocycles. The summed E-state index contributed by atoms with van der Waals surface area (Å²) in [5, 5.41) is 1.71. The van der Waals surface area contributed by atoms with E-state index in [1.165, 1.54) is 18.2 Å². The number of thioether (sulfide) groups is 1. The van der Waals surface area contributed by atoms with E-state index in [4.69, 9.17) is 4.74 Å². The van der Waals surface area contributed by atoms with Crippen molar-refractivity contribution in [2.45, 2.75) is 24.6 Å². The maximum Gasteiger partial charge on any atom is 0.573 e. The van der Waals surface area contributed by atoms with Crippen molar-refractivity contribution in [3.8, 4) is 11.6 Å². The Morgan fingerprint density at radius 2 is 1.84 bits per heavy atom. The molecule has 2 heterocycles. The molecule has 1 fully saturated rings. The van der Waals surface area contributed by atoms with Crippen molar-refractivity contribution in [1.29, 1.82) is 0 Å². The fourth-order valence-corrected chi connectivity index (χ4v) is 3.94. The number of aromatic nitrogens is 1. The number of hydrogen-bond acceptors (Lipinski definition) is 6. The van der Waals surface area contributed by atoms with Crippen LogP contribution in [0.2, 0.25) is 0 Å². The van der Waals surface area contributed by atoms with Crippen LogP contribution in [0.3, 0.4) is 0 Å². The highest BCUT2D eigenvalue weighted by atomic mass is 32.2. The molecule has 4 rings (SSSR count). The number of benzene rings is 2. The molecule has 0 aliphatic carbocycles. The van der Waals surface area contributed by atoms with Crippen molar-refractivity contribution in [1.82, 2.24) is 10.3 Å². The lowest BCUT2D eigenvalue weighted by atomic mass is 10.1. The molecular formula is C21H15F3N2O4S. The number of alkyl halides is 3. The van der Waals surface area contributed by atoms with Crippen molar-refractivity contribution in [2.75, 3.05) is 0 Å². The molecule has 160 valence electrons. The highest BCUT2D eigenvalue weighted by molar-refractivity contribution is 8.15. The third-order valence-electron chi connectivity index (χ3n) is 4.45. The summed E-state index contributed by atoms with van der Waals surface area (Å²) in [6.45, 7) is 0.175. The Morgan fingerprint density at radius 3 is 2.52 bits per heavy atom. The predicted octanol–water partition coefficient (Wildman–Crippen LogP) is 4.61. The topological polar surface area (TPSA) is 77.5 Å². The maximum absolute atomic E-state index is 12.6. The van der Waals surface area contributed by atoms with Gasteiger partial charge in [-0.1, -0.05) is 42.1 Å². The number of carbonyl (C=O) groups excluding carboxylic acids is 2. The van der Waals surface area contributed by atoms with Gasteiger partial charge in [0.25, 0.3) is 5.24 Å². The van der Waals surface area contributed by atoms with Crippen molar-refractivity contribution >= 4 is 33.8 Å². The van der Waals surface area contributed by atoms with E-state index >= 15 is 0 Å². The number of fused-ring (bicyclic) bond motifs is 1. The normalized spacial score (nSPS) is 16.4. The van der Waals surface area contributed by atoms with Crippen LogP contribution in [0.15, 0.2) is 54.6 Å². The van der Waals surface area contributed by atoms with E-state index in [9.17, 15) is 22.8 Å². The van der Waals surface area contributed by atoms with E-state index in [0.717, 1.165) is 17.3 Å². The van der Waals surface area contributed by atoms with Crippen LogP contribution in [0.4, 0.5) is 18.0 Å². The van der Waals surface area contributed by atoms with Crippen LogP contribution < -0.4 is 14.8 Å². The van der Waals surface area contributed by atoms with Crippen LogP contribution in [0, 0.1) is 0 Å². The van der Waals surface area contributed by atoms with E-state index in [-0.39, 0.29) is 24.4 Å². The first-order valence-electron chi connectivity index (χ1n) is 9.14. The third-order valence-corrected chi connectivity index (χ3v) is 5.43. The Labute approximate surface area is 178 Å². The minimum atomic E-state index is -4.82. The van der Waals surface area contributed by atoms with Crippen LogP contribution in [0.1, 0.15) is 11.1 Å². The number of carbonyl (C=O) groups is 2. The lowest BCUT2D eigenvalue weighted by Gasteiger charge is -2.15.